The topological polar surface area (TPSA) is 29.9 Å². The number of rotatable bonds is 7. The highest BCUT2D eigenvalue weighted by molar-refractivity contribution is 4.92. The molecule has 16 heavy (non-hydrogen) atoms. The van der Waals surface area contributed by atoms with E-state index in [1.165, 1.54) is 18.7 Å². The van der Waals surface area contributed by atoms with Crippen LogP contribution in [0.3, 0.4) is 0 Å². The molecule has 0 spiro atoms. The zero-order valence-corrected chi connectivity index (χ0v) is 11.0. The summed E-state index contributed by atoms with van der Waals surface area (Å²) in [5, 5.41) is 3.56. The third kappa shape index (κ3) is 4.35. The average Bonchev–Trinajstić information content (AvgIpc) is 2.60. The van der Waals surface area contributed by atoms with Crippen molar-refractivity contribution in [1.82, 2.24) is 14.9 Å². The van der Waals surface area contributed by atoms with Crippen LogP contribution < -0.4 is 5.32 Å². The van der Waals surface area contributed by atoms with Crippen molar-refractivity contribution in [2.45, 2.75) is 46.1 Å². The van der Waals surface area contributed by atoms with Gasteiger partial charge in [0.25, 0.3) is 0 Å². The average molecular weight is 223 g/mol. The maximum atomic E-state index is 4.36. The zero-order valence-electron chi connectivity index (χ0n) is 11.0. The monoisotopic (exact) mass is 223 g/mol. The number of imidazole rings is 1. The van der Waals surface area contributed by atoms with Gasteiger partial charge >= 0.3 is 0 Å². The van der Waals surface area contributed by atoms with Gasteiger partial charge in [-0.2, -0.15) is 0 Å². The molecule has 0 saturated heterocycles. The van der Waals surface area contributed by atoms with Crippen molar-refractivity contribution in [2.24, 2.45) is 13.0 Å². The minimum atomic E-state index is 0.627. The van der Waals surface area contributed by atoms with Gasteiger partial charge < -0.3 is 9.88 Å². The van der Waals surface area contributed by atoms with Gasteiger partial charge in [0.2, 0.25) is 0 Å². The lowest BCUT2D eigenvalue weighted by atomic mass is 9.99. The minimum absolute atomic E-state index is 0.627. The Morgan fingerprint density at radius 1 is 1.44 bits per heavy atom. The second kappa shape index (κ2) is 6.69. The van der Waals surface area contributed by atoms with Crippen molar-refractivity contribution < 1.29 is 0 Å². The van der Waals surface area contributed by atoms with Gasteiger partial charge in [0.05, 0.1) is 0 Å². The highest BCUT2D eigenvalue weighted by Crippen LogP contribution is 2.10. The number of nitrogens with zero attached hydrogens (tertiary/aromatic N) is 2. The predicted octanol–water partition coefficient (Wildman–Crippen LogP) is 2.38. The Bertz CT molecular complexity index is 291. The molecule has 92 valence electrons. The lowest BCUT2D eigenvalue weighted by molar-refractivity contribution is 0.402. The second-order valence-electron chi connectivity index (χ2n) is 4.88. The van der Waals surface area contributed by atoms with Crippen molar-refractivity contribution in [3.8, 4) is 0 Å². The quantitative estimate of drug-likeness (QED) is 0.769. The Hall–Kier alpha value is -0.830. The molecule has 0 fully saturated rings. The highest BCUT2D eigenvalue weighted by atomic mass is 15.0. The molecule has 0 aliphatic carbocycles. The van der Waals surface area contributed by atoms with Crippen LogP contribution in [0.25, 0.3) is 0 Å². The van der Waals surface area contributed by atoms with E-state index in [0.717, 1.165) is 18.9 Å². The first-order valence-electron chi connectivity index (χ1n) is 6.33. The molecule has 1 aromatic heterocycles. The fourth-order valence-electron chi connectivity index (χ4n) is 2.10. The Morgan fingerprint density at radius 3 is 2.69 bits per heavy atom. The van der Waals surface area contributed by atoms with Gasteiger partial charge in [0.1, 0.15) is 5.82 Å². The highest BCUT2D eigenvalue weighted by Gasteiger charge is 2.10. The molecule has 0 aliphatic rings. The summed E-state index contributed by atoms with van der Waals surface area (Å²) in [4.78, 5) is 4.36. The van der Waals surface area contributed by atoms with Crippen molar-refractivity contribution in [2.75, 3.05) is 6.54 Å². The Balaban J connectivity index is 2.40. The molecule has 3 nitrogen and oxygen atoms in total. The van der Waals surface area contributed by atoms with E-state index in [4.69, 9.17) is 0 Å². The van der Waals surface area contributed by atoms with Crippen molar-refractivity contribution in [1.29, 1.82) is 0 Å². The predicted molar refractivity (Wildman–Crippen MR) is 68.4 cm³/mol. The van der Waals surface area contributed by atoms with E-state index in [9.17, 15) is 0 Å². The van der Waals surface area contributed by atoms with Crippen LogP contribution in [0.1, 0.15) is 39.4 Å². The van der Waals surface area contributed by atoms with Gasteiger partial charge in [-0.25, -0.2) is 4.98 Å². The summed E-state index contributed by atoms with van der Waals surface area (Å²) in [6.07, 6.45) is 7.38. The van der Waals surface area contributed by atoms with Crippen molar-refractivity contribution >= 4 is 0 Å². The van der Waals surface area contributed by atoms with Crippen LogP contribution in [0.2, 0.25) is 0 Å². The van der Waals surface area contributed by atoms with E-state index in [1.54, 1.807) is 0 Å². The van der Waals surface area contributed by atoms with E-state index in [1.807, 2.05) is 12.4 Å². The first kappa shape index (κ1) is 13.2. The summed E-state index contributed by atoms with van der Waals surface area (Å²) in [5.41, 5.74) is 0. The fourth-order valence-corrected chi connectivity index (χ4v) is 2.10. The van der Waals surface area contributed by atoms with Crippen LogP contribution in [0, 0.1) is 5.92 Å². The summed E-state index contributed by atoms with van der Waals surface area (Å²) in [6.45, 7) is 7.79. The van der Waals surface area contributed by atoms with Gasteiger partial charge in [-0.1, -0.05) is 20.8 Å². The standard InChI is InChI=1S/C13H25N3/c1-5-14-12(10-11(2)3)6-7-13-15-8-9-16(13)4/h8-9,11-12,14H,5-7,10H2,1-4H3. The van der Waals surface area contributed by atoms with Crippen LogP contribution in [0.15, 0.2) is 12.4 Å². The summed E-state index contributed by atoms with van der Waals surface area (Å²) >= 11 is 0. The smallest absolute Gasteiger partial charge is 0.108 e. The maximum absolute atomic E-state index is 4.36. The van der Waals surface area contributed by atoms with Crippen molar-refractivity contribution in [3.05, 3.63) is 18.2 Å². The first-order valence-corrected chi connectivity index (χ1v) is 6.33. The number of hydrogen-bond acceptors (Lipinski definition) is 2. The van der Waals surface area contributed by atoms with E-state index in [-0.39, 0.29) is 0 Å². The Labute approximate surface area is 99.3 Å². The fraction of sp³-hybridized carbons (Fsp3) is 0.769. The van der Waals surface area contributed by atoms with E-state index >= 15 is 0 Å². The minimum Gasteiger partial charge on any atom is -0.338 e. The van der Waals surface area contributed by atoms with E-state index in [0.29, 0.717) is 6.04 Å². The number of aromatic nitrogens is 2. The second-order valence-corrected chi connectivity index (χ2v) is 4.88. The molecule has 0 radical (unpaired) electrons. The lowest BCUT2D eigenvalue weighted by Crippen LogP contribution is -2.31. The Morgan fingerprint density at radius 2 is 2.19 bits per heavy atom. The molecule has 1 heterocycles. The SMILES string of the molecule is CCNC(CCc1nccn1C)CC(C)C. The lowest BCUT2D eigenvalue weighted by Gasteiger charge is -2.19. The summed E-state index contributed by atoms with van der Waals surface area (Å²) in [6, 6.07) is 0.627. The summed E-state index contributed by atoms with van der Waals surface area (Å²) < 4.78 is 2.11. The molecule has 1 atom stereocenters. The van der Waals surface area contributed by atoms with E-state index < -0.39 is 0 Å². The molecule has 1 rings (SSSR count). The van der Waals surface area contributed by atoms with Crippen LogP contribution in [0.5, 0.6) is 0 Å². The van der Waals surface area contributed by atoms with Gasteiger partial charge in [-0.15, -0.1) is 0 Å². The molecule has 0 aliphatic heterocycles. The van der Waals surface area contributed by atoms with Gasteiger partial charge in [-0.05, 0) is 25.3 Å². The van der Waals surface area contributed by atoms with Gasteiger partial charge in [0, 0.05) is 31.9 Å². The van der Waals surface area contributed by atoms with Crippen molar-refractivity contribution in [3.63, 3.8) is 0 Å². The van der Waals surface area contributed by atoms with E-state index in [2.05, 4.69) is 42.7 Å². The largest absolute Gasteiger partial charge is 0.338 e. The zero-order chi connectivity index (χ0) is 12.0. The van der Waals surface area contributed by atoms with Gasteiger partial charge in [0.15, 0.2) is 0 Å². The molecule has 1 N–H and O–H groups in total. The molecule has 0 bridgehead atoms. The molecule has 1 unspecified atom stereocenters. The number of aryl methyl sites for hydroxylation is 2. The summed E-state index contributed by atoms with van der Waals surface area (Å²) in [5.74, 6) is 1.94. The van der Waals surface area contributed by atoms with Crippen LogP contribution >= 0.6 is 0 Å². The first-order chi connectivity index (χ1) is 7.63. The van der Waals surface area contributed by atoms with Crippen LogP contribution in [-0.4, -0.2) is 22.1 Å². The van der Waals surface area contributed by atoms with Crippen LogP contribution in [0.4, 0.5) is 0 Å². The molecule has 0 aromatic carbocycles. The molecule has 0 amide bonds. The van der Waals surface area contributed by atoms with Crippen LogP contribution in [-0.2, 0) is 13.5 Å². The molecule has 1 aromatic rings. The maximum Gasteiger partial charge on any atom is 0.108 e. The number of hydrogen-bond donors (Lipinski definition) is 1. The molecule has 0 saturated carbocycles. The molecular weight excluding hydrogens is 198 g/mol. The molecule has 3 heteroatoms. The third-order valence-corrected chi connectivity index (χ3v) is 2.89. The Kier molecular flexibility index (Phi) is 5.53. The molecular formula is C13H25N3. The normalized spacial score (nSPS) is 13.3. The summed E-state index contributed by atoms with van der Waals surface area (Å²) in [7, 11) is 2.06. The third-order valence-electron chi connectivity index (χ3n) is 2.89. The van der Waals surface area contributed by atoms with Gasteiger partial charge in [-0.3, -0.25) is 0 Å². The number of nitrogens with one attached hydrogen (secondary N) is 1.